The topological polar surface area (TPSA) is 52.6 Å². The molecule has 1 aliphatic heterocycles. The molecule has 0 N–H and O–H groups in total. The SMILES string of the molecule is C/C1=C/CCCc2cc(OS(=O)(=O)C(F)(F)F)ccc2OCC1. The highest BCUT2D eigenvalue weighted by atomic mass is 32.2. The lowest BCUT2D eigenvalue weighted by Gasteiger charge is -2.15. The van der Waals surface area contributed by atoms with Crippen LogP contribution in [0.2, 0.25) is 0 Å². The third-order valence-electron chi connectivity index (χ3n) is 3.42. The average Bonchev–Trinajstić information content (AvgIpc) is 2.44. The Balaban J connectivity index is 2.22. The lowest BCUT2D eigenvalue weighted by Crippen LogP contribution is -2.28. The molecule has 8 heteroatoms. The van der Waals surface area contributed by atoms with E-state index in [1.807, 2.05) is 6.92 Å². The Kier molecular flexibility index (Phi) is 5.23. The minimum absolute atomic E-state index is 0.367. The second-order valence-electron chi connectivity index (χ2n) is 5.29. The maximum atomic E-state index is 12.4. The fourth-order valence-corrected chi connectivity index (χ4v) is 2.63. The molecule has 0 bridgehead atoms. The van der Waals surface area contributed by atoms with E-state index in [-0.39, 0.29) is 5.75 Å². The Labute approximate surface area is 133 Å². The highest BCUT2D eigenvalue weighted by Crippen LogP contribution is 2.31. The molecule has 0 saturated carbocycles. The standard InChI is InChI=1S/C15H17F3O4S/c1-11-4-2-3-5-12-10-13(6-7-14(12)21-9-8-11)22-23(19,20)15(16,17)18/h4,6-7,10H,2-3,5,8-9H2,1H3/b11-4-. The zero-order valence-electron chi connectivity index (χ0n) is 12.5. The van der Waals surface area contributed by atoms with Gasteiger partial charge in [-0.2, -0.15) is 21.6 Å². The highest BCUT2D eigenvalue weighted by molar-refractivity contribution is 7.88. The molecule has 128 valence electrons. The van der Waals surface area contributed by atoms with Crippen molar-refractivity contribution in [2.24, 2.45) is 0 Å². The quantitative estimate of drug-likeness (QED) is 0.460. The van der Waals surface area contributed by atoms with Crippen LogP contribution < -0.4 is 8.92 Å². The van der Waals surface area contributed by atoms with Gasteiger partial charge in [0.25, 0.3) is 0 Å². The van der Waals surface area contributed by atoms with Crippen molar-refractivity contribution in [2.45, 2.75) is 38.1 Å². The Morgan fingerprint density at radius 2 is 1.96 bits per heavy atom. The van der Waals surface area contributed by atoms with Crippen molar-refractivity contribution in [3.05, 3.63) is 35.4 Å². The number of fused-ring (bicyclic) bond motifs is 1. The Morgan fingerprint density at radius 1 is 1.22 bits per heavy atom. The van der Waals surface area contributed by atoms with E-state index < -0.39 is 15.6 Å². The largest absolute Gasteiger partial charge is 0.534 e. The summed E-state index contributed by atoms with van der Waals surface area (Å²) in [5, 5.41) is 0. The van der Waals surface area contributed by atoms with E-state index in [1.54, 1.807) is 0 Å². The van der Waals surface area contributed by atoms with Gasteiger partial charge in [-0.3, -0.25) is 0 Å². The summed E-state index contributed by atoms with van der Waals surface area (Å²) in [5.41, 5.74) is -3.59. The van der Waals surface area contributed by atoms with Gasteiger partial charge in [-0.25, -0.2) is 0 Å². The molecule has 2 rings (SSSR count). The summed E-state index contributed by atoms with van der Waals surface area (Å²) in [6.07, 6.45) is 5.05. The van der Waals surface area contributed by atoms with Crippen LogP contribution in [0, 0.1) is 0 Å². The summed E-state index contributed by atoms with van der Waals surface area (Å²) in [6.45, 7) is 2.47. The molecule has 0 saturated heterocycles. The molecule has 0 fully saturated rings. The van der Waals surface area contributed by atoms with Crippen molar-refractivity contribution >= 4 is 10.1 Å². The molecule has 1 heterocycles. The van der Waals surface area contributed by atoms with Gasteiger partial charge in [0.15, 0.2) is 0 Å². The van der Waals surface area contributed by atoms with Crippen molar-refractivity contribution in [3.63, 3.8) is 0 Å². The monoisotopic (exact) mass is 350 g/mol. The van der Waals surface area contributed by atoms with Crippen LogP contribution >= 0.6 is 0 Å². The first-order valence-corrected chi connectivity index (χ1v) is 8.52. The van der Waals surface area contributed by atoms with E-state index in [9.17, 15) is 21.6 Å². The van der Waals surface area contributed by atoms with Gasteiger partial charge >= 0.3 is 15.6 Å². The normalized spacial score (nSPS) is 19.0. The summed E-state index contributed by atoms with van der Waals surface area (Å²) in [4.78, 5) is 0. The maximum absolute atomic E-state index is 12.4. The minimum atomic E-state index is -5.66. The predicted octanol–water partition coefficient (Wildman–Crippen LogP) is 3.97. The summed E-state index contributed by atoms with van der Waals surface area (Å²) >= 11 is 0. The number of benzene rings is 1. The van der Waals surface area contributed by atoms with Crippen LogP contribution in [0.25, 0.3) is 0 Å². The van der Waals surface area contributed by atoms with E-state index in [1.165, 1.54) is 17.7 Å². The predicted molar refractivity (Wildman–Crippen MR) is 78.9 cm³/mol. The van der Waals surface area contributed by atoms with Gasteiger partial charge in [0.05, 0.1) is 6.61 Å². The molecule has 0 amide bonds. The van der Waals surface area contributed by atoms with Crippen LogP contribution in [0.15, 0.2) is 29.8 Å². The van der Waals surface area contributed by atoms with Gasteiger partial charge in [0.1, 0.15) is 11.5 Å². The number of rotatable bonds is 2. The number of halogens is 3. The molecule has 23 heavy (non-hydrogen) atoms. The van der Waals surface area contributed by atoms with Gasteiger partial charge in [0.2, 0.25) is 0 Å². The molecule has 0 spiro atoms. The fraction of sp³-hybridized carbons (Fsp3) is 0.467. The summed E-state index contributed by atoms with van der Waals surface area (Å²) in [6, 6.07) is 3.89. The summed E-state index contributed by atoms with van der Waals surface area (Å²) < 4.78 is 69.0. The molecule has 0 radical (unpaired) electrons. The molecule has 1 aliphatic rings. The van der Waals surface area contributed by atoms with Gasteiger partial charge in [-0.15, -0.1) is 0 Å². The number of alkyl halides is 3. The Hall–Kier alpha value is -1.70. The second kappa shape index (κ2) is 6.82. The highest BCUT2D eigenvalue weighted by Gasteiger charge is 2.48. The van der Waals surface area contributed by atoms with Gasteiger partial charge in [-0.1, -0.05) is 11.6 Å². The molecule has 4 nitrogen and oxygen atoms in total. The van der Waals surface area contributed by atoms with Crippen molar-refractivity contribution in [1.29, 1.82) is 0 Å². The molecule has 0 aliphatic carbocycles. The van der Waals surface area contributed by atoms with Crippen LogP contribution in [0.4, 0.5) is 13.2 Å². The number of allylic oxidation sites excluding steroid dienone is 1. The molecule has 1 aromatic carbocycles. The number of ether oxygens (including phenoxy) is 1. The average molecular weight is 350 g/mol. The Bertz CT molecular complexity index is 693. The van der Waals surface area contributed by atoms with Crippen LogP contribution in [0.1, 0.15) is 31.7 Å². The first kappa shape index (κ1) is 17.7. The second-order valence-corrected chi connectivity index (χ2v) is 6.83. The molecular formula is C15H17F3O4S. The molecule has 1 aromatic rings. The number of aryl methyl sites for hydroxylation is 1. The Morgan fingerprint density at radius 3 is 2.65 bits per heavy atom. The summed E-state index contributed by atoms with van der Waals surface area (Å²) in [7, 11) is -5.66. The van der Waals surface area contributed by atoms with Crippen LogP contribution in [0.3, 0.4) is 0 Å². The maximum Gasteiger partial charge on any atom is 0.534 e. The van der Waals surface area contributed by atoms with Crippen LogP contribution in [-0.4, -0.2) is 20.5 Å². The van der Waals surface area contributed by atoms with Gasteiger partial charge < -0.3 is 8.92 Å². The van der Waals surface area contributed by atoms with Crippen molar-refractivity contribution < 1.29 is 30.5 Å². The lowest BCUT2D eigenvalue weighted by molar-refractivity contribution is -0.0500. The van der Waals surface area contributed by atoms with E-state index in [4.69, 9.17) is 4.74 Å². The van der Waals surface area contributed by atoms with Gasteiger partial charge in [0, 0.05) is 6.42 Å². The van der Waals surface area contributed by atoms with Crippen molar-refractivity contribution in [3.8, 4) is 11.5 Å². The zero-order chi connectivity index (χ0) is 17.1. The molecule has 0 atom stereocenters. The van der Waals surface area contributed by atoms with Gasteiger partial charge in [-0.05, 0) is 49.9 Å². The lowest BCUT2D eigenvalue weighted by atomic mass is 10.0. The van der Waals surface area contributed by atoms with Crippen molar-refractivity contribution in [1.82, 2.24) is 0 Å². The van der Waals surface area contributed by atoms with Crippen LogP contribution in [0.5, 0.6) is 11.5 Å². The summed E-state index contributed by atoms with van der Waals surface area (Å²) in [5.74, 6) is 0.171. The minimum Gasteiger partial charge on any atom is -0.493 e. The molecular weight excluding hydrogens is 333 g/mol. The fourth-order valence-electron chi connectivity index (χ4n) is 2.18. The third-order valence-corrected chi connectivity index (χ3v) is 4.40. The van der Waals surface area contributed by atoms with E-state index >= 15 is 0 Å². The third kappa shape index (κ3) is 4.63. The van der Waals surface area contributed by atoms with E-state index in [0.29, 0.717) is 24.3 Å². The number of hydrogen-bond acceptors (Lipinski definition) is 4. The van der Waals surface area contributed by atoms with E-state index in [0.717, 1.165) is 25.3 Å². The molecule has 0 aromatic heterocycles. The number of hydrogen-bond donors (Lipinski definition) is 0. The van der Waals surface area contributed by atoms with E-state index in [2.05, 4.69) is 10.3 Å². The zero-order valence-corrected chi connectivity index (χ0v) is 13.3. The van der Waals surface area contributed by atoms with Crippen molar-refractivity contribution in [2.75, 3.05) is 6.61 Å². The first-order chi connectivity index (χ1) is 10.7. The smallest absolute Gasteiger partial charge is 0.493 e. The van der Waals surface area contributed by atoms with Crippen LogP contribution in [-0.2, 0) is 16.5 Å². The molecule has 0 unspecified atom stereocenters. The first-order valence-electron chi connectivity index (χ1n) is 7.11.